The highest BCUT2D eigenvalue weighted by atomic mass is 32.2. The predicted molar refractivity (Wildman–Crippen MR) is 89.3 cm³/mol. The summed E-state index contributed by atoms with van der Waals surface area (Å²) in [5.74, 6) is -0.124. The van der Waals surface area contributed by atoms with Crippen LogP contribution in [0.3, 0.4) is 0 Å². The number of hydrogen-bond acceptors (Lipinski definition) is 5. The summed E-state index contributed by atoms with van der Waals surface area (Å²) in [7, 11) is -3.19. The molecule has 2 amide bonds. The quantitative estimate of drug-likeness (QED) is 0.901. The first-order valence-electron chi connectivity index (χ1n) is 7.69. The van der Waals surface area contributed by atoms with Crippen molar-refractivity contribution < 1.29 is 13.2 Å². The highest BCUT2D eigenvalue weighted by molar-refractivity contribution is 7.91. The summed E-state index contributed by atoms with van der Waals surface area (Å²) < 4.78 is 25.8. The Kier molecular flexibility index (Phi) is 4.52. The zero-order valence-electron chi connectivity index (χ0n) is 13.3. The van der Waals surface area contributed by atoms with Gasteiger partial charge in [-0.05, 0) is 19.1 Å². The maximum atomic E-state index is 12.6. The molecule has 1 aliphatic rings. The molecular formula is C15H19N5O3S. The lowest BCUT2D eigenvalue weighted by Gasteiger charge is -2.34. The second-order valence-electron chi connectivity index (χ2n) is 5.62. The van der Waals surface area contributed by atoms with Gasteiger partial charge in [-0.25, -0.2) is 13.2 Å². The molecule has 2 aromatic rings. The Morgan fingerprint density at radius 2 is 2.12 bits per heavy atom. The van der Waals surface area contributed by atoms with Crippen LogP contribution in [0.4, 0.5) is 10.5 Å². The van der Waals surface area contributed by atoms with E-state index in [-0.39, 0.29) is 24.1 Å². The van der Waals surface area contributed by atoms with Crippen LogP contribution in [-0.4, -0.2) is 52.2 Å². The van der Waals surface area contributed by atoms with E-state index in [2.05, 4.69) is 15.4 Å². The lowest BCUT2D eigenvalue weighted by atomic mass is 10.1. The normalized spacial score (nSPS) is 19.9. The molecule has 1 saturated heterocycles. The molecule has 1 unspecified atom stereocenters. The molecular weight excluding hydrogens is 330 g/mol. The van der Waals surface area contributed by atoms with Gasteiger partial charge in [0.2, 0.25) is 0 Å². The van der Waals surface area contributed by atoms with Crippen molar-refractivity contribution in [2.45, 2.75) is 19.5 Å². The van der Waals surface area contributed by atoms with Crippen molar-refractivity contribution in [1.82, 2.24) is 19.7 Å². The molecule has 8 nitrogen and oxygen atoms in total. The lowest BCUT2D eigenvalue weighted by molar-refractivity contribution is 0.195. The van der Waals surface area contributed by atoms with E-state index in [1.807, 2.05) is 6.92 Å². The Labute approximate surface area is 140 Å². The SMILES string of the molecule is CCn1cc(C2CS(=O)(=O)CCN2C(=O)Nc2ccncc2)cn1. The van der Waals surface area contributed by atoms with Crippen LogP contribution in [0, 0.1) is 0 Å². The van der Waals surface area contributed by atoms with Gasteiger partial charge in [-0.1, -0.05) is 0 Å². The zero-order valence-corrected chi connectivity index (χ0v) is 14.1. The molecule has 1 N–H and O–H groups in total. The van der Waals surface area contributed by atoms with Gasteiger partial charge in [0.15, 0.2) is 9.84 Å². The first-order chi connectivity index (χ1) is 11.5. The summed E-state index contributed by atoms with van der Waals surface area (Å²) in [6.45, 7) is 2.78. The highest BCUT2D eigenvalue weighted by Crippen LogP contribution is 2.27. The minimum Gasteiger partial charge on any atom is -0.315 e. The number of nitrogens with zero attached hydrogens (tertiary/aromatic N) is 4. The number of rotatable bonds is 3. The van der Waals surface area contributed by atoms with Crippen LogP contribution in [0.1, 0.15) is 18.5 Å². The summed E-state index contributed by atoms with van der Waals surface area (Å²) in [5, 5.41) is 6.98. The average molecular weight is 349 g/mol. The minimum atomic E-state index is -3.19. The molecule has 0 radical (unpaired) electrons. The standard InChI is InChI=1S/C15H19N5O3S/c1-2-19-10-12(9-17-19)14-11-24(22,23)8-7-20(14)15(21)18-13-3-5-16-6-4-13/h3-6,9-10,14H,2,7-8,11H2,1H3,(H,16,18,21). The van der Waals surface area contributed by atoms with Crippen LogP contribution in [0.15, 0.2) is 36.9 Å². The molecule has 2 aromatic heterocycles. The van der Waals surface area contributed by atoms with Crippen LogP contribution in [0.2, 0.25) is 0 Å². The molecule has 1 aliphatic heterocycles. The predicted octanol–water partition coefficient (Wildman–Crippen LogP) is 1.30. The van der Waals surface area contributed by atoms with Crippen molar-refractivity contribution >= 4 is 21.6 Å². The maximum Gasteiger partial charge on any atom is 0.322 e. The summed E-state index contributed by atoms with van der Waals surface area (Å²) in [6.07, 6.45) is 6.58. The van der Waals surface area contributed by atoms with Gasteiger partial charge in [0, 0.05) is 42.9 Å². The van der Waals surface area contributed by atoms with Crippen LogP contribution < -0.4 is 5.32 Å². The fourth-order valence-corrected chi connectivity index (χ4v) is 4.18. The third-order valence-corrected chi connectivity index (χ3v) is 5.61. The van der Waals surface area contributed by atoms with Crippen molar-refractivity contribution in [3.05, 3.63) is 42.5 Å². The van der Waals surface area contributed by atoms with Crippen LogP contribution in [0.5, 0.6) is 0 Å². The second-order valence-corrected chi connectivity index (χ2v) is 7.85. The average Bonchev–Trinajstić information content (AvgIpc) is 3.04. The molecule has 0 saturated carbocycles. The van der Waals surface area contributed by atoms with Gasteiger partial charge in [-0.3, -0.25) is 9.67 Å². The molecule has 3 heterocycles. The topological polar surface area (TPSA) is 97.2 Å². The monoisotopic (exact) mass is 349 g/mol. The van der Waals surface area contributed by atoms with Gasteiger partial charge < -0.3 is 10.2 Å². The molecule has 0 spiro atoms. The molecule has 0 aliphatic carbocycles. The first-order valence-corrected chi connectivity index (χ1v) is 9.51. The van der Waals surface area contributed by atoms with E-state index < -0.39 is 15.9 Å². The van der Waals surface area contributed by atoms with Gasteiger partial charge in [-0.15, -0.1) is 0 Å². The number of carbonyl (C=O) groups excluding carboxylic acids is 1. The van der Waals surface area contributed by atoms with Gasteiger partial charge in [0.25, 0.3) is 0 Å². The van der Waals surface area contributed by atoms with E-state index in [9.17, 15) is 13.2 Å². The summed E-state index contributed by atoms with van der Waals surface area (Å²) >= 11 is 0. The highest BCUT2D eigenvalue weighted by Gasteiger charge is 2.35. The summed E-state index contributed by atoms with van der Waals surface area (Å²) in [4.78, 5) is 18.1. The van der Waals surface area contributed by atoms with Crippen LogP contribution in [-0.2, 0) is 16.4 Å². The minimum absolute atomic E-state index is 0.0326. The van der Waals surface area contributed by atoms with Crippen molar-refractivity contribution in [3.63, 3.8) is 0 Å². The van der Waals surface area contributed by atoms with Crippen molar-refractivity contribution in [2.75, 3.05) is 23.4 Å². The Bertz CT molecular complexity index is 819. The van der Waals surface area contributed by atoms with Crippen molar-refractivity contribution in [2.24, 2.45) is 0 Å². The molecule has 0 bridgehead atoms. The number of sulfone groups is 1. The Morgan fingerprint density at radius 3 is 2.79 bits per heavy atom. The Balaban J connectivity index is 1.84. The third-order valence-electron chi connectivity index (χ3n) is 3.99. The van der Waals surface area contributed by atoms with Gasteiger partial charge in [0.05, 0.1) is 23.7 Å². The fourth-order valence-electron chi connectivity index (χ4n) is 2.68. The molecule has 0 aromatic carbocycles. The number of urea groups is 1. The lowest BCUT2D eigenvalue weighted by Crippen LogP contribution is -2.47. The largest absolute Gasteiger partial charge is 0.322 e. The molecule has 24 heavy (non-hydrogen) atoms. The number of pyridine rings is 1. The molecule has 3 rings (SSSR count). The molecule has 1 fully saturated rings. The molecule has 128 valence electrons. The fraction of sp³-hybridized carbons (Fsp3) is 0.400. The smallest absolute Gasteiger partial charge is 0.315 e. The number of aromatic nitrogens is 3. The first kappa shape index (κ1) is 16.4. The molecule has 1 atom stereocenters. The third kappa shape index (κ3) is 3.56. The summed E-state index contributed by atoms with van der Waals surface area (Å²) in [5.41, 5.74) is 1.34. The van der Waals surface area contributed by atoms with Crippen molar-refractivity contribution in [3.8, 4) is 0 Å². The van der Waals surface area contributed by atoms with E-state index >= 15 is 0 Å². The summed E-state index contributed by atoms with van der Waals surface area (Å²) in [6, 6.07) is 2.50. The van der Waals surface area contributed by atoms with E-state index in [1.165, 1.54) is 0 Å². The van der Waals surface area contributed by atoms with Crippen LogP contribution in [0.25, 0.3) is 0 Å². The Morgan fingerprint density at radius 1 is 1.38 bits per heavy atom. The van der Waals surface area contributed by atoms with E-state index in [0.29, 0.717) is 12.2 Å². The van der Waals surface area contributed by atoms with Gasteiger partial charge in [0.1, 0.15) is 0 Å². The van der Waals surface area contributed by atoms with E-state index in [1.54, 1.807) is 46.5 Å². The van der Waals surface area contributed by atoms with Gasteiger partial charge in [-0.2, -0.15) is 5.10 Å². The number of anilines is 1. The number of amides is 2. The van der Waals surface area contributed by atoms with Crippen LogP contribution >= 0.6 is 0 Å². The maximum absolute atomic E-state index is 12.6. The van der Waals surface area contributed by atoms with E-state index in [4.69, 9.17) is 0 Å². The number of nitrogens with one attached hydrogen (secondary N) is 1. The number of hydrogen-bond donors (Lipinski definition) is 1. The van der Waals surface area contributed by atoms with Crippen molar-refractivity contribution in [1.29, 1.82) is 0 Å². The van der Waals surface area contributed by atoms with Gasteiger partial charge >= 0.3 is 6.03 Å². The van der Waals surface area contributed by atoms with E-state index in [0.717, 1.165) is 5.56 Å². The number of carbonyl (C=O) groups is 1. The number of aryl methyl sites for hydroxylation is 1. The second kappa shape index (κ2) is 6.60. The Hall–Kier alpha value is -2.42. The molecule has 9 heteroatoms. The zero-order chi connectivity index (χ0) is 17.2.